The molecule has 0 aliphatic carbocycles. The van der Waals surface area contributed by atoms with E-state index in [9.17, 15) is 9.59 Å². The van der Waals surface area contributed by atoms with Crippen LogP contribution in [0.25, 0.3) is 0 Å². The molecule has 1 saturated heterocycles. The first kappa shape index (κ1) is 14.4. The standard InChI is InChI=1S/C12H22N2O2S/c1-8(2)10-11(15)13-9(3)12(16)14(10)6-5-7-17-4/h8-10H,5-7H2,1-4H3,(H,13,15). The van der Waals surface area contributed by atoms with Crippen LogP contribution >= 0.6 is 11.8 Å². The number of amides is 2. The van der Waals surface area contributed by atoms with Gasteiger partial charge in [0.25, 0.3) is 0 Å². The Bertz CT molecular complexity index is 294. The van der Waals surface area contributed by atoms with Crippen LogP contribution in [0, 0.1) is 5.92 Å². The molecular weight excluding hydrogens is 236 g/mol. The molecule has 0 saturated carbocycles. The average molecular weight is 258 g/mol. The summed E-state index contributed by atoms with van der Waals surface area (Å²) in [6, 6.07) is -0.688. The molecule has 2 atom stereocenters. The Morgan fingerprint density at radius 2 is 2.06 bits per heavy atom. The number of nitrogens with one attached hydrogen (secondary N) is 1. The van der Waals surface area contributed by atoms with E-state index in [-0.39, 0.29) is 29.8 Å². The third-order valence-electron chi connectivity index (χ3n) is 3.00. The molecule has 0 spiro atoms. The van der Waals surface area contributed by atoms with Gasteiger partial charge in [-0.1, -0.05) is 13.8 Å². The minimum absolute atomic E-state index is 0.0174. The third kappa shape index (κ3) is 3.37. The molecule has 0 radical (unpaired) electrons. The molecule has 0 bridgehead atoms. The van der Waals surface area contributed by atoms with E-state index in [1.165, 1.54) is 0 Å². The minimum atomic E-state index is -0.383. The molecule has 1 heterocycles. The number of hydrogen-bond donors (Lipinski definition) is 1. The summed E-state index contributed by atoms with van der Waals surface area (Å²) in [5.41, 5.74) is 0. The van der Waals surface area contributed by atoms with E-state index >= 15 is 0 Å². The van der Waals surface area contributed by atoms with Crippen molar-refractivity contribution in [2.75, 3.05) is 18.6 Å². The molecule has 1 rings (SSSR count). The van der Waals surface area contributed by atoms with Crippen molar-refractivity contribution in [2.45, 2.75) is 39.3 Å². The molecule has 1 N–H and O–H groups in total. The molecule has 1 aliphatic rings. The van der Waals surface area contributed by atoms with Crippen LogP contribution < -0.4 is 5.32 Å². The van der Waals surface area contributed by atoms with E-state index in [2.05, 4.69) is 5.32 Å². The van der Waals surface area contributed by atoms with Crippen molar-refractivity contribution < 1.29 is 9.59 Å². The molecule has 17 heavy (non-hydrogen) atoms. The van der Waals surface area contributed by atoms with Gasteiger partial charge in [0.1, 0.15) is 12.1 Å². The fourth-order valence-electron chi connectivity index (χ4n) is 2.18. The molecular formula is C12H22N2O2S. The van der Waals surface area contributed by atoms with Gasteiger partial charge in [0.15, 0.2) is 0 Å². The Morgan fingerprint density at radius 3 is 2.59 bits per heavy atom. The SMILES string of the molecule is CSCCCN1C(=O)C(C)NC(=O)C1C(C)C. The van der Waals surface area contributed by atoms with Crippen LogP contribution in [0.15, 0.2) is 0 Å². The zero-order valence-corrected chi connectivity index (χ0v) is 11.8. The highest BCUT2D eigenvalue weighted by Gasteiger charge is 2.39. The van der Waals surface area contributed by atoms with Crippen molar-refractivity contribution in [2.24, 2.45) is 5.92 Å². The molecule has 0 aromatic rings. The smallest absolute Gasteiger partial charge is 0.245 e. The highest BCUT2D eigenvalue weighted by Crippen LogP contribution is 2.18. The fraction of sp³-hybridized carbons (Fsp3) is 0.833. The summed E-state index contributed by atoms with van der Waals surface area (Å²) in [5, 5.41) is 2.75. The predicted molar refractivity (Wildman–Crippen MR) is 70.9 cm³/mol. The summed E-state index contributed by atoms with van der Waals surface area (Å²) in [7, 11) is 0. The number of nitrogens with zero attached hydrogens (tertiary/aromatic N) is 1. The average Bonchev–Trinajstić information content (AvgIpc) is 2.24. The maximum absolute atomic E-state index is 12.1. The molecule has 1 aliphatic heterocycles. The molecule has 5 heteroatoms. The fourth-order valence-corrected chi connectivity index (χ4v) is 2.60. The van der Waals surface area contributed by atoms with Gasteiger partial charge in [-0.15, -0.1) is 0 Å². The van der Waals surface area contributed by atoms with Crippen LogP contribution in [0.1, 0.15) is 27.2 Å². The Balaban J connectivity index is 2.75. The van der Waals surface area contributed by atoms with Gasteiger partial charge in [0, 0.05) is 6.54 Å². The van der Waals surface area contributed by atoms with Gasteiger partial charge < -0.3 is 10.2 Å². The Kier molecular flexibility index (Phi) is 5.31. The van der Waals surface area contributed by atoms with Crippen molar-refractivity contribution in [3.05, 3.63) is 0 Å². The van der Waals surface area contributed by atoms with Gasteiger partial charge in [-0.2, -0.15) is 11.8 Å². The zero-order chi connectivity index (χ0) is 13.0. The summed E-state index contributed by atoms with van der Waals surface area (Å²) in [4.78, 5) is 25.8. The van der Waals surface area contributed by atoms with Gasteiger partial charge in [0.2, 0.25) is 11.8 Å². The van der Waals surface area contributed by atoms with Crippen LogP contribution in [0.3, 0.4) is 0 Å². The number of rotatable bonds is 5. The highest BCUT2D eigenvalue weighted by atomic mass is 32.2. The quantitative estimate of drug-likeness (QED) is 0.752. The lowest BCUT2D eigenvalue weighted by Gasteiger charge is -2.40. The van der Waals surface area contributed by atoms with Crippen LogP contribution in [0.5, 0.6) is 0 Å². The van der Waals surface area contributed by atoms with Crippen LogP contribution in [0.2, 0.25) is 0 Å². The molecule has 2 amide bonds. The van der Waals surface area contributed by atoms with E-state index in [1.807, 2.05) is 20.1 Å². The van der Waals surface area contributed by atoms with Crippen LogP contribution in [-0.4, -0.2) is 47.4 Å². The molecule has 98 valence electrons. The summed E-state index contributed by atoms with van der Waals surface area (Å²) in [5.74, 6) is 1.20. The van der Waals surface area contributed by atoms with Crippen molar-refractivity contribution in [3.63, 3.8) is 0 Å². The van der Waals surface area contributed by atoms with E-state index in [1.54, 1.807) is 23.6 Å². The normalized spacial score (nSPS) is 25.4. The minimum Gasteiger partial charge on any atom is -0.343 e. The number of piperazine rings is 1. The van der Waals surface area contributed by atoms with Gasteiger partial charge >= 0.3 is 0 Å². The third-order valence-corrected chi connectivity index (χ3v) is 3.69. The summed E-state index contributed by atoms with van der Waals surface area (Å²) >= 11 is 1.76. The highest BCUT2D eigenvalue weighted by molar-refractivity contribution is 7.98. The second-order valence-corrected chi connectivity index (χ2v) is 5.78. The van der Waals surface area contributed by atoms with Crippen molar-refractivity contribution >= 4 is 23.6 Å². The second-order valence-electron chi connectivity index (χ2n) is 4.80. The van der Waals surface area contributed by atoms with Gasteiger partial charge in [-0.25, -0.2) is 0 Å². The lowest BCUT2D eigenvalue weighted by Crippen LogP contribution is -2.64. The first-order valence-electron chi connectivity index (χ1n) is 6.08. The number of thioether (sulfide) groups is 1. The van der Waals surface area contributed by atoms with Crippen molar-refractivity contribution in [3.8, 4) is 0 Å². The van der Waals surface area contributed by atoms with Gasteiger partial charge in [-0.05, 0) is 31.3 Å². The lowest BCUT2D eigenvalue weighted by molar-refractivity contribution is -0.150. The maximum Gasteiger partial charge on any atom is 0.245 e. The molecule has 0 aromatic heterocycles. The van der Waals surface area contributed by atoms with Gasteiger partial charge in [0.05, 0.1) is 0 Å². The largest absolute Gasteiger partial charge is 0.343 e. The molecule has 4 nitrogen and oxygen atoms in total. The van der Waals surface area contributed by atoms with Crippen LogP contribution in [0.4, 0.5) is 0 Å². The molecule has 0 aromatic carbocycles. The molecule has 2 unspecified atom stereocenters. The number of carbonyl (C=O) groups excluding carboxylic acids is 2. The van der Waals surface area contributed by atoms with E-state index in [0.717, 1.165) is 12.2 Å². The summed E-state index contributed by atoms with van der Waals surface area (Å²) < 4.78 is 0. The molecule has 1 fully saturated rings. The van der Waals surface area contributed by atoms with E-state index in [0.29, 0.717) is 6.54 Å². The van der Waals surface area contributed by atoms with E-state index < -0.39 is 0 Å². The topological polar surface area (TPSA) is 49.4 Å². The summed E-state index contributed by atoms with van der Waals surface area (Å²) in [6.07, 6.45) is 2.99. The maximum atomic E-state index is 12.1. The second kappa shape index (κ2) is 6.28. The summed E-state index contributed by atoms with van der Waals surface area (Å²) in [6.45, 7) is 6.39. The van der Waals surface area contributed by atoms with Gasteiger partial charge in [-0.3, -0.25) is 9.59 Å². The predicted octanol–water partition coefficient (Wildman–Crippen LogP) is 1.11. The first-order valence-corrected chi connectivity index (χ1v) is 7.48. The monoisotopic (exact) mass is 258 g/mol. The Labute approximate surface area is 108 Å². The number of hydrogen-bond acceptors (Lipinski definition) is 3. The number of carbonyl (C=O) groups is 2. The van der Waals surface area contributed by atoms with Crippen molar-refractivity contribution in [1.29, 1.82) is 0 Å². The Morgan fingerprint density at radius 1 is 1.41 bits per heavy atom. The zero-order valence-electron chi connectivity index (χ0n) is 11.0. The van der Waals surface area contributed by atoms with E-state index in [4.69, 9.17) is 0 Å². The van der Waals surface area contributed by atoms with Crippen LogP contribution in [-0.2, 0) is 9.59 Å². The van der Waals surface area contributed by atoms with Crippen molar-refractivity contribution in [1.82, 2.24) is 10.2 Å². The lowest BCUT2D eigenvalue weighted by atomic mass is 9.97. The first-order chi connectivity index (χ1) is 7.99. The Hall–Kier alpha value is -0.710.